The van der Waals surface area contributed by atoms with E-state index in [4.69, 9.17) is 4.74 Å². The lowest BCUT2D eigenvalue weighted by molar-refractivity contribution is 0.0923. The molecule has 2 heteroatoms. The molecule has 0 aliphatic heterocycles. The van der Waals surface area contributed by atoms with Crippen LogP contribution >= 0.6 is 0 Å². The molecule has 1 atom stereocenters. The molecule has 2 nitrogen and oxygen atoms in total. The minimum Gasteiger partial charge on any atom is -0.494 e. The molecule has 1 aromatic rings. The second-order valence-electron chi connectivity index (χ2n) is 4.43. The first-order valence-electron chi connectivity index (χ1n) is 6.46. The van der Waals surface area contributed by atoms with E-state index in [1.54, 1.807) is 0 Å². The van der Waals surface area contributed by atoms with Crippen LogP contribution in [0.2, 0.25) is 0 Å². The Hall–Kier alpha value is -1.31. The van der Waals surface area contributed by atoms with Crippen LogP contribution in [0, 0.1) is 5.92 Å². The van der Waals surface area contributed by atoms with Gasteiger partial charge in [0.1, 0.15) is 5.75 Å². The van der Waals surface area contributed by atoms with Crippen LogP contribution in [0.1, 0.15) is 50.4 Å². The Morgan fingerprint density at radius 1 is 1.29 bits per heavy atom. The number of hydrogen-bond donors (Lipinski definition) is 0. The van der Waals surface area contributed by atoms with Gasteiger partial charge in [-0.05, 0) is 25.0 Å². The van der Waals surface area contributed by atoms with Crippen molar-refractivity contribution in [2.24, 2.45) is 5.92 Å². The van der Waals surface area contributed by atoms with Crippen molar-refractivity contribution in [3.05, 3.63) is 29.8 Å². The van der Waals surface area contributed by atoms with E-state index in [0.29, 0.717) is 6.61 Å². The molecule has 0 saturated heterocycles. The van der Waals surface area contributed by atoms with Crippen LogP contribution in [-0.4, -0.2) is 12.4 Å². The summed E-state index contributed by atoms with van der Waals surface area (Å²) < 4.78 is 5.53. The van der Waals surface area contributed by atoms with Gasteiger partial charge in [-0.15, -0.1) is 0 Å². The highest BCUT2D eigenvalue weighted by molar-refractivity contribution is 5.97. The molecule has 17 heavy (non-hydrogen) atoms. The van der Waals surface area contributed by atoms with Gasteiger partial charge in [-0.1, -0.05) is 39.3 Å². The van der Waals surface area contributed by atoms with Crippen molar-refractivity contribution < 1.29 is 9.53 Å². The topological polar surface area (TPSA) is 26.3 Å². The Bertz CT molecular complexity index is 358. The Labute approximate surface area is 104 Å². The van der Waals surface area contributed by atoms with Crippen LogP contribution in [0.5, 0.6) is 5.75 Å². The number of carbonyl (C=O) groups excluding carboxylic acids is 1. The molecule has 1 aromatic carbocycles. The zero-order valence-electron chi connectivity index (χ0n) is 11.0. The normalized spacial score (nSPS) is 12.2. The minimum absolute atomic E-state index is 0.0985. The van der Waals surface area contributed by atoms with Gasteiger partial charge in [0.05, 0.1) is 6.61 Å². The van der Waals surface area contributed by atoms with Crippen molar-refractivity contribution in [3.63, 3.8) is 0 Å². The summed E-state index contributed by atoms with van der Waals surface area (Å²) in [5, 5.41) is 0. The number of hydrogen-bond acceptors (Lipinski definition) is 2. The first kappa shape index (κ1) is 13.8. The molecule has 0 aliphatic rings. The molecule has 0 spiro atoms. The number of rotatable bonds is 7. The van der Waals surface area contributed by atoms with Gasteiger partial charge in [-0.25, -0.2) is 0 Å². The van der Waals surface area contributed by atoms with Gasteiger partial charge in [0, 0.05) is 11.5 Å². The van der Waals surface area contributed by atoms with Crippen LogP contribution in [0.25, 0.3) is 0 Å². The van der Waals surface area contributed by atoms with Gasteiger partial charge in [-0.3, -0.25) is 4.79 Å². The second-order valence-corrected chi connectivity index (χ2v) is 4.43. The predicted octanol–water partition coefficient (Wildman–Crippen LogP) is 4.09. The number of Topliss-reactive ketones (excluding diaryl/α,β-unsaturated/α-hetero) is 1. The summed E-state index contributed by atoms with van der Waals surface area (Å²) >= 11 is 0. The lowest BCUT2D eigenvalue weighted by Gasteiger charge is -2.10. The van der Waals surface area contributed by atoms with E-state index in [9.17, 15) is 4.79 Å². The summed E-state index contributed by atoms with van der Waals surface area (Å²) in [4.78, 5) is 12.1. The smallest absolute Gasteiger partial charge is 0.165 e. The van der Waals surface area contributed by atoms with E-state index < -0.39 is 0 Å². The van der Waals surface area contributed by atoms with Gasteiger partial charge in [0.15, 0.2) is 5.78 Å². The molecule has 94 valence electrons. The molecular formula is C15H22O2. The van der Waals surface area contributed by atoms with E-state index >= 15 is 0 Å². The Balaban J connectivity index is 2.73. The molecule has 0 bridgehead atoms. The largest absolute Gasteiger partial charge is 0.494 e. The van der Waals surface area contributed by atoms with Crippen molar-refractivity contribution in [1.29, 1.82) is 0 Å². The van der Waals surface area contributed by atoms with Crippen LogP contribution in [-0.2, 0) is 0 Å². The summed E-state index contributed by atoms with van der Waals surface area (Å²) in [5.41, 5.74) is 0.763. The molecular weight excluding hydrogens is 212 g/mol. The standard InChI is InChI=1S/C15H22O2/c1-4-7-12(3)15(16)13-8-6-9-14(11-13)17-10-5-2/h6,8-9,11-12H,4-5,7,10H2,1-3H3. The number of ketones is 1. The fraction of sp³-hybridized carbons (Fsp3) is 0.533. The Morgan fingerprint density at radius 3 is 2.71 bits per heavy atom. The molecule has 0 N–H and O–H groups in total. The zero-order chi connectivity index (χ0) is 12.7. The third kappa shape index (κ3) is 4.22. The van der Waals surface area contributed by atoms with Gasteiger partial charge in [-0.2, -0.15) is 0 Å². The molecule has 0 heterocycles. The van der Waals surface area contributed by atoms with Crippen LogP contribution in [0.15, 0.2) is 24.3 Å². The maximum absolute atomic E-state index is 12.1. The molecule has 0 aliphatic carbocycles. The lowest BCUT2D eigenvalue weighted by Crippen LogP contribution is -2.11. The van der Waals surface area contributed by atoms with E-state index in [-0.39, 0.29) is 11.7 Å². The molecule has 1 unspecified atom stereocenters. The second kappa shape index (κ2) is 7.10. The molecule has 0 amide bonds. The number of benzene rings is 1. The average molecular weight is 234 g/mol. The minimum atomic E-state index is 0.0985. The average Bonchev–Trinajstić information content (AvgIpc) is 2.36. The van der Waals surface area contributed by atoms with Gasteiger partial charge < -0.3 is 4.74 Å². The van der Waals surface area contributed by atoms with Crippen molar-refractivity contribution in [1.82, 2.24) is 0 Å². The van der Waals surface area contributed by atoms with Gasteiger partial charge in [0.25, 0.3) is 0 Å². The first-order valence-corrected chi connectivity index (χ1v) is 6.46. The lowest BCUT2D eigenvalue weighted by atomic mass is 9.95. The molecule has 0 radical (unpaired) electrons. The Morgan fingerprint density at radius 2 is 2.06 bits per heavy atom. The van der Waals surface area contributed by atoms with Crippen molar-refractivity contribution in [2.45, 2.75) is 40.0 Å². The van der Waals surface area contributed by atoms with Crippen LogP contribution < -0.4 is 4.74 Å². The SMILES string of the molecule is CCCOc1cccc(C(=O)C(C)CCC)c1. The highest BCUT2D eigenvalue weighted by atomic mass is 16.5. The highest BCUT2D eigenvalue weighted by Crippen LogP contribution is 2.18. The summed E-state index contributed by atoms with van der Waals surface area (Å²) in [6.07, 6.45) is 2.96. The number of ether oxygens (including phenoxy) is 1. The molecule has 0 fully saturated rings. The summed E-state index contributed by atoms with van der Waals surface area (Å²) in [5.74, 6) is 1.11. The molecule has 0 saturated carbocycles. The fourth-order valence-electron chi connectivity index (χ4n) is 1.81. The molecule has 1 rings (SSSR count). The number of carbonyl (C=O) groups is 1. The van der Waals surface area contributed by atoms with Crippen molar-refractivity contribution >= 4 is 5.78 Å². The monoisotopic (exact) mass is 234 g/mol. The van der Waals surface area contributed by atoms with Gasteiger partial charge in [0.2, 0.25) is 0 Å². The van der Waals surface area contributed by atoms with E-state index in [1.807, 2.05) is 31.2 Å². The van der Waals surface area contributed by atoms with E-state index in [2.05, 4.69) is 13.8 Å². The van der Waals surface area contributed by atoms with E-state index in [1.165, 1.54) is 0 Å². The molecule has 0 aromatic heterocycles. The zero-order valence-corrected chi connectivity index (χ0v) is 11.0. The first-order chi connectivity index (χ1) is 8.19. The van der Waals surface area contributed by atoms with Crippen molar-refractivity contribution in [2.75, 3.05) is 6.61 Å². The maximum Gasteiger partial charge on any atom is 0.165 e. The quantitative estimate of drug-likeness (QED) is 0.664. The van der Waals surface area contributed by atoms with Gasteiger partial charge >= 0.3 is 0 Å². The van der Waals surface area contributed by atoms with E-state index in [0.717, 1.165) is 30.6 Å². The summed E-state index contributed by atoms with van der Waals surface area (Å²) in [6.45, 7) is 6.86. The third-order valence-electron chi connectivity index (χ3n) is 2.76. The Kier molecular flexibility index (Phi) is 5.75. The predicted molar refractivity (Wildman–Crippen MR) is 70.6 cm³/mol. The fourth-order valence-corrected chi connectivity index (χ4v) is 1.81. The third-order valence-corrected chi connectivity index (χ3v) is 2.76. The highest BCUT2D eigenvalue weighted by Gasteiger charge is 2.14. The maximum atomic E-state index is 12.1. The summed E-state index contributed by atoms with van der Waals surface area (Å²) in [6, 6.07) is 7.51. The van der Waals surface area contributed by atoms with Crippen LogP contribution in [0.4, 0.5) is 0 Å². The van der Waals surface area contributed by atoms with Crippen molar-refractivity contribution in [3.8, 4) is 5.75 Å². The van der Waals surface area contributed by atoms with Crippen LogP contribution in [0.3, 0.4) is 0 Å². The summed E-state index contributed by atoms with van der Waals surface area (Å²) in [7, 11) is 0.